The predicted octanol–water partition coefficient (Wildman–Crippen LogP) is 4.44. The molecule has 0 aliphatic rings. The Morgan fingerprint density at radius 2 is 1.59 bits per heavy atom. The SMILES string of the molecule is CCOc1ccc([C@@H](NC(=O)Cc2ccc([N+](=O)[O-])cc2)c2ccccc2)cc1. The highest BCUT2D eigenvalue weighted by Crippen LogP contribution is 2.24. The molecule has 6 heteroatoms. The zero-order chi connectivity index (χ0) is 20.6. The Balaban J connectivity index is 1.77. The van der Waals surface area contributed by atoms with Crippen molar-refractivity contribution in [1.82, 2.24) is 5.32 Å². The molecule has 0 aliphatic heterocycles. The standard InChI is InChI=1S/C23H22N2O4/c1-2-29-21-14-10-19(11-15-21)23(18-6-4-3-5-7-18)24-22(26)16-17-8-12-20(13-9-17)25(27)28/h3-15,23H,2,16H2,1H3,(H,24,26)/t23-/m0/s1. The predicted molar refractivity (Wildman–Crippen MR) is 111 cm³/mol. The van der Waals surface area contributed by atoms with Crippen LogP contribution in [0.1, 0.15) is 29.7 Å². The minimum absolute atomic E-state index is 0.00529. The number of nitrogens with one attached hydrogen (secondary N) is 1. The van der Waals surface area contributed by atoms with Gasteiger partial charge in [-0.1, -0.05) is 54.6 Å². The van der Waals surface area contributed by atoms with Gasteiger partial charge in [-0.05, 0) is 35.7 Å². The Bertz CT molecular complexity index is 954. The molecule has 0 bridgehead atoms. The van der Waals surface area contributed by atoms with E-state index in [4.69, 9.17) is 4.74 Å². The van der Waals surface area contributed by atoms with Crippen molar-refractivity contribution in [2.75, 3.05) is 6.61 Å². The first kappa shape index (κ1) is 20.1. The van der Waals surface area contributed by atoms with E-state index >= 15 is 0 Å². The van der Waals surface area contributed by atoms with E-state index in [-0.39, 0.29) is 24.1 Å². The fourth-order valence-electron chi connectivity index (χ4n) is 3.06. The molecule has 0 saturated heterocycles. The van der Waals surface area contributed by atoms with Crippen molar-refractivity contribution in [3.8, 4) is 5.75 Å². The lowest BCUT2D eigenvalue weighted by molar-refractivity contribution is -0.384. The number of nitrogens with zero attached hydrogens (tertiary/aromatic N) is 1. The number of ether oxygens (including phenoxy) is 1. The van der Waals surface area contributed by atoms with E-state index in [1.54, 1.807) is 12.1 Å². The molecule has 0 unspecified atom stereocenters. The van der Waals surface area contributed by atoms with Gasteiger partial charge in [0, 0.05) is 12.1 Å². The van der Waals surface area contributed by atoms with Crippen molar-refractivity contribution in [3.63, 3.8) is 0 Å². The Labute approximate surface area is 169 Å². The highest BCUT2D eigenvalue weighted by atomic mass is 16.6. The summed E-state index contributed by atoms with van der Waals surface area (Å²) in [5.74, 6) is 0.613. The number of benzene rings is 3. The molecule has 3 rings (SSSR count). The largest absolute Gasteiger partial charge is 0.494 e. The number of amides is 1. The second kappa shape index (κ2) is 9.50. The summed E-state index contributed by atoms with van der Waals surface area (Å²) in [5.41, 5.74) is 2.63. The minimum atomic E-state index is -0.457. The van der Waals surface area contributed by atoms with Gasteiger partial charge in [0.1, 0.15) is 5.75 Å². The monoisotopic (exact) mass is 390 g/mol. The second-order valence-corrected chi connectivity index (χ2v) is 6.51. The molecular weight excluding hydrogens is 368 g/mol. The summed E-state index contributed by atoms with van der Waals surface area (Å²) >= 11 is 0. The van der Waals surface area contributed by atoms with E-state index in [1.165, 1.54) is 12.1 Å². The van der Waals surface area contributed by atoms with Crippen LogP contribution >= 0.6 is 0 Å². The van der Waals surface area contributed by atoms with Crippen molar-refractivity contribution >= 4 is 11.6 Å². The highest BCUT2D eigenvalue weighted by molar-refractivity contribution is 5.79. The normalized spacial score (nSPS) is 11.5. The Hall–Kier alpha value is -3.67. The first-order valence-electron chi connectivity index (χ1n) is 9.37. The van der Waals surface area contributed by atoms with Crippen molar-refractivity contribution in [3.05, 3.63) is 106 Å². The van der Waals surface area contributed by atoms with Crippen molar-refractivity contribution in [2.24, 2.45) is 0 Å². The molecule has 3 aromatic carbocycles. The Morgan fingerprint density at radius 1 is 0.966 bits per heavy atom. The van der Waals surface area contributed by atoms with Crippen LogP contribution < -0.4 is 10.1 Å². The molecule has 1 atom stereocenters. The third kappa shape index (κ3) is 5.42. The fraction of sp³-hybridized carbons (Fsp3) is 0.174. The third-order valence-corrected chi connectivity index (χ3v) is 4.47. The van der Waals surface area contributed by atoms with Gasteiger partial charge < -0.3 is 10.1 Å². The second-order valence-electron chi connectivity index (χ2n) is 6.51. The van der Waals surface area contributed by atoms with E-state index in [9.17, 15) is 14.9 Å². The zero-order valence-corrected chi connectivity index (χ0v) is 16.1. The number of carbonyl (C=O) groups is 1. The molecule has 1 amide bonds. The number of hydrogen-bond donors (Lipinski definition) is 1. The molecule has 6 nitrogen and oxygen atoms in total. The van der Waals surface area contributed by atoms with Gasteiger partial charge in [0.05, 0.1) is 24.0 Å². The molecule has 29 heavy (non-hydrogen) atoms. The van der Waals surface area contributed by atoms with Crippen LogP contribution in [0, 0.1) is 10.1 Å². The van der Waals surface area contributed by atoms with Gasteiger partial charge in [-0.25, -0.2) is 0 Å². The highest BCUT2D eigenvalue weighted by Gasteiger charge is 2.17. The van der Waals surface area contributed by atoms with Gasteiger partial charge in [-0.15, -0.1) is 0 Å². The number of rotatable bonds is 8. The third-order valence-electron chi connectivity index (χ3n) is 4.47. The van der Waals surface area contributed by atoms with Gasteiger partial charge in [-0.3, -0.25) is 14.9 Å². The molecule has 1 N–H and O–H groups in total. The molecule has 0 radical (unpaired) electrons. The lowest BCUT2D eigenvalue weighted by Crippen LogP contribution is -2.30. The smallest absolute Gasteiger partial charge is 0.269 e. The van der Waals surface area contributed by atoms with Crippen LogP contribution in [-0.2, 0) is 11.2 Å². The minimum Gasteiger partial charge on any atom is -0.494 e. The van der Waals surface area contributed by atoms with E-state index < -0.39 is 4.92 Å². The summed E-state index contributed by atoms with van der Waals surface area (Å²) in [7, 11) is 0. The van der Waals surface area contributed by atoms with Gasteiger partial charge in [0.2, 0.25) is 5.91 Å². The number of nitro benzene ring substituents is 1. The summed E-state index contributed by atoms with van der Waals surface area (Å²) in [6.45, 7) is 2.52. The summed E-state index contributed by atoms with van der Waals surface area (Å²) in [4.78, 5) is 23.0. The maximum Gasteiger partial charge on any atom is 0.269 e. The molecule has 148 valence electrons. The van der Waals surface area contributed by atoms with Crippen LogP contribution in [0.25, 0.3) is 0 Å². The first-order valence-corrected chi connectivity index (χ1v) is 9.37. The maximum atomic E-state index is 12.7. The van der Waals surface area contributed by atoms with E-state index in [2.05, 4.69) is 5.32 Å². The number of hydrogen-bond acceptors (Lipinski definition) is 4. The van der Waals surface area contributed by atoms with Crippen molar-refractivity contribution < 1.29 is 14.5 Å². The molecule has 0 aliphatic carbocycles. The number of carbonyl (C=O) groups excluding carboxylic acids is 1. The van der Waals surface area contributed by atoms with Gasteiger partial charge in [-0.2, -0.15) is 0 Å². The van der Waals surface area contributed by atoms with Crippen LogP contribution in [0.5, 0.6) is 5.75 Å². The van der Waals surface area contributed by atoms with Crippen LogP contribution in [-0.4, -0.2) is 17.4 Å². The van der Waals surface area contributed by atoms with Gasteiger partial charge in [0.25, 0.3) is 5.69 Å². The van der Waals surface area contributed by atoms with Gasteiger partial charge >= 0.3 is 0 Å². The van der Waals surface area contributed by atoms with Crippen LogP contribution in [0.15, 0.2) is 78.9 Å². The Kier molecular flexibility index (Phi) is 6.58. The number of nitro groups is 1. The molecule has 3 aromatic rings. The van der Waals surface area contributed by atoms with E-state index in [1.807, 2.05) is 61.5 Å². The quantitative estimate of drug-likeness (QED) is 0.455. The van der Waals surface area contributed by atoms with Crippen LogP contribution in [0.3, 0.4) is 0 Å². The molecule has 0 saturated carbocycles. The molecular formula is C23H22N2O4. The lowest BCUT2D eigenvalue weighted by atomic mass is 9.98. The van der Waals surface area contributed by atoms with Crippen molar-refractivity contribution in [2.45, 2.75) is 19.4 Å². The average molecular weight is 390 g/mol. The average Bonchev–Trinajstić information content (AvgIpc) is 2.74. The van der Waals surface area contributed by atoms with Gasteiger partial charge in [0.15, 0.2) is 0 Å². The maximum absolute atomic E-state index is 12.7. The van der Waals surface area contributed by atoms with Crippen LogP contribution in [0.2, 0.25) is 0 Å². The summed E-state index contributed by atoms with van der Waals surface area (Å²) in [5, 5.41) is 13.8. The molecule has 0 aromatic heterocycles. The molecule has 0 fully saturated rings. The molecule has 0 spiro atoms. The van der Waals surface area contributed by atoms with E-state index in [0.29, 0.717) is 12.2 Å². The number of non-ortho nitro benzene ring substituents is 1. The van der Waals surface area contributed by atoms with E-state index in [0.717, 1.165) is 16.9 Å². The zero-order valence-electron chi connectivity index (χ0n) is 16.1. The summed E-state index contributed by atoms with van der Waals surface area (Å²) < 4.78 is 5.50. The summed E-state index contributed by atoms with van der Waals surface area (Å²) in [6, 6.07) is 23.1. The van der Waals surface area contributed by atoms with Crippen LogP contribution in [0.4, 0.5) is 5.69 Å². The summed E-state index contributed by atoms with van der Waals surface area (Å²) in [6.07, 6.45) is 0.137. The molecule has 0 heterocycles. The fourth-order valence-corrected chi connectivity index (χ4v) is 3.06. The van der Waals surface area contributed by atoms with Crippen molar-refractivity contribution in [1.29, 1.82) is 0 Å². The Morgan fingerprint density at radius 3 is 2.17 bits per heavy atom. The topological polar surface area (TPSA) is 81.5 Å². The first-order chi connectivity index (χ1) is 14.1. The lowest BCUT2D eigenvalue weighted by Gasteiger charge is -2.20.